The molecule has 1 heterocycles. The summed E-state index contributed by atoms with van der Waals surface area (Å²) >= 11 is 5.88. The topological polar surface area (TPSA) is 79.2 Å². The number of hydrogen-bond donors (Lipinski definition) is 3. The number of benzene rings is 2. The van der Waals surface area contributed by atoms with E-state index in [-0.39, 0.29) is 18.1 Å². The smallest absolute Gasteiger partial charge is 0.324 e. The Balaban J connectivity index is 1.88. The first-order valence-corrected chi connectivity index (χ1v) is 9.28. The number of aromatic nitrogens is 2. The highest BCUT2D eigenvalue weighted by Gasteiger charge is 2.21. The van der Waals surface area contributed by atoms with Gasteiger partial charge in [0.15, 0.2) is 0 Å². The van der Waals surface area contributed by atoms with Gasteiger partial charge in [-0.1, -0.05) is 44.5 Å². The summed E-state index contributed by atoms with van der Waals surface area (Å²) in [5.74, 6) is 0.549. The van der Waals surface area contributed by atoms with E-state index in [0.717, 1.165) is 16.9 Å². The number of nitrogens with one attached hydrogen (secondary N) is 2. The SMILES string of the molecule is CC(C)(C)c1cc(NC(=O)Nc2ccc(Cl)cc2)n(-c2ccc(CO)cc2)n1. The first kappa shape index (κ1) is 19.9. The first-order chi connectivity index (χ1) is 13.3. The Kier molecular flexibility index (Phi) is 5.72. The summed E-state index contributed by atoms with van der Waals surface area (Å²) in [5.41, 5.74) is 2.90. The van der Waals surface area contributed by atoms with Gasteiger partial charge in [-0.3, -0.25) is 5.32 Å². The molecule has 0 unspecified atom stereocenters. The highest BCUT2D eigenvalue weighted by atomic mass is 35.5. The number of nitrogens with zero attached hydrogens (tertiary/aromatic N) is 2. The number of carbonyl (C=O) groups excluding carboxylic acids is 1. The molecule has 28 heavy (non-hydrogen) atoms. The van der Waals surface area contributed by atoms with Crippen LogP contribution in [0.3, 0.4) is 0 Å². The molecule has 3 N–H and O–H groups in total. The molecule has 3 aromatic rings. The first-order valence-electron chi connectivity index (χ1n) is 8.90. The largest absolute Gasteiger partial charge is 0.392 e. The van der Waals surface area contributed by atoms with Crippen LogP contribution in [0.1, 0.15) is 32.0 Å². The third-order valence-corrected chi connectivity index (χ3v) is 4.44. The van der Waals surface area contributed by atoms with Crippen molar-refractivity contribution in [2.24, 2.45) is 0 Å². The van der Waals surface area contributed by atoms with E-state index in [0.29, 0.717) is 16.5 Å². The second-order valence-electron chi connectivity index (χ2n) is 7.49. The number of carbonyl (C=O) groups is 1. The van der Waals surface area contributed by atoms with Crippen molar-refractivity contribution in [3.05, 3.63) is 70.9 Å². The van der Waals surface area contributed by atoms with E-state index in [1.54, 1.807) is 28.9 Å². The molecule has 146 valence electrons. The minimum Gasteiger partial charge on any atom is -0.392 e. The van der Waals surface area contributed by atoms with Gasteiger partial charge in [0.05, 0.1) is 18.0 Å². The summed E-state index contributed by atoms with van der Waals surface area (Å²) in [6.07, 6.45) is 0. The Bertz CT molecular complexity index is 958. The van der Waals surface area contributed by atoms with Crippen molar-refractivity contribution >= 4 is 29.1 Å². The van der Waals surface area contributed by atoms with Crippen LogP contribution in [-0.2, 0) is 12.0 Å². The number of aliphatic hydroxyl groups is 1. The van der Waals surface area contributed by atoms with Gasteiger partial charge >= 0.3 is 6.03 Å². The van der Waals surface area contributed by atoms with Crippen molar-refractivity contribution in [3.63, 3.8) is 0 Å². The maximum Gasteiger partial charge on any atom is 0.324 e. The normalized spacial score (nSPS) is 11.3. The highest BCUT2D eigenvalue weighted by molar-refractivity contribution is 6.30. The van der Waals surface area contributed by atoms with E-state index in [2.05, 4.69) is 36.5 Å². The molecule has 0 fully saturated rings. The maximum atomic E-state index is 12.5. The second kappa shape index (κ2) is 8.04. The molecule has 6 nitrogen and oxygen atoms in total. The van der Waals surface area contributed by atoms with Gasteiger partial charge in [-0.25, -0.2) is 9.48 Å². The molecule has 0 spiro atoms. The van der Waals surface area contributed by atoms with Crippen LogP contribution in [-0.4, -0.2) is 20.9 Å². The van der Waals surface area contributed by atoms with Gasteiger partial charge in [-0.15, -0.1) is 0 Å². The van der Waals surface area contributed by atoms with Gasteiger partial charge in [0.1, 0.15) is 5.82 Å². The zero-order valence-electron chi connectivity index (χ0n) is 16.0. The lowest BCUT2D eigenvalue weighted by molar-refractivity contribution is 0.262. The summed E-state index contributed by atoms with van der Waals surface area (Å²) in [4.78, 5) is 12.5. The average Bonchev–Trinajstić information content (AvgIpc) is 3.08. The predicted octanol–water partition coefficient (Wildman–Crippen LogP) is 4.96. The fraction of sp³-hybridized carbons (Fsp3) is 0.238. The minimum absolute atomic E-state index is 0.0266. The molecule has 7 heteroatoms. The van der Waals surface area contributed by atoms with Crippen LogP contribution >= 0.6 is 11.6 Å². The highest BCUT2D eigenvalue weighted by Crippen LogP contribution is 2.26. The average molecular weight is 399 g/mol. The maximum absolute atomic E-state index is 12.5. The van der Waals surface area contributed by atoms with Crippen LogP contribution in [0.2, 0.25) is 5.02 Å². The Labute approximate surface area is 169 Å². The molecular formula is C21H23ClN4O2. The number of halogens is 1. The van der Waals surface area contributed by atoms with E-state index in [9.17, 15) is 9.90 Å². The second-order valence-corrected chi connectivity index (χ2v) is 7.92. The molecular weight excluding hydrogens is 376 g/mol. The van der Waals surface area contributed by atoms with Crippen LogP contribution in [0, 0.1) is 0 Å². The van der Waals surface area contributed by atoms with Crippen LogP contribution < -0.4 is 10.6 Å². The van der Waals surface area contributed by atoms with E-state index in [1.807, 2.05) is 30.3 Å². The van der Waals surface area contributed by atoms with Crippen molar-refractivity contribution in [3.8, 4) is 5.69 Å². The lowest BCUT2D eigenvalue weighted by Gasteiger charge is -2.14. The van der Waals surface area contributed by atoms with E-state index >= 15 is 0 Å². The molecule has 0 saturated heterocycles. The monoisotopic (exact) mass is 398 g/mol. The number of amides is 2. The Morgan fingerprint density at radius 1 is 1.07 bits per heavy atom. The van der Waals surface area contributed by atoms with Crippen molar-refractivity contribution in [2.75, 3.05) is 10.6 Å². The van der Waals surface area contributed by atoms with Crippen molar-refractivity contribution in [1.82, 2.24) is 9.78 Å². The molecule has 0 aliphatic rings. The van der Waals surface area contributed by atoms with Crippen LogP contribution in [0.15, 0.2) is 54.6 Å². The summed E-state index contributed by atoms with van der Waals surface area (Å²) in [6, 6.07) is 15.7. The van der Waals surface area contributed by atoms with Crippen molar-refractivity contribution in [1.29, 1.82) is 0 Å². The standard InChI is InChI=1S/C21H23ClN4O2/c1-21(2,3)18-12-19(24-20(28)23-16-8-6-15(22)7-9-16)26(25-18)17-10-4-14(13-27)5-11-17/h4-12,27H,13H2,1-3H3,(H2,23,24,28). The molecule has 0 aliphatic carbocycles. The Morgan fingerprint density at radius 3 is 2.29 bits per heavy atom. The van der Waals surface area contributed by atoms with Crippen LogP contribution in [0.25, 0.3) is 5.69 Å². The minimum atomic E-state index is -0.379. The Hall–Kier alpha value is -2.83. The molecule has 1 aromatic heterocycles. The van der Waals surface area contributed by atoms with E-state index < -0.39 is 0 Å². The Morgan fingerprint density at radius 2 is 1.71 bits per heavy atom. The fourth-order valence-electron chi connectivity index (χ4n) is 2.59. The molecule has 0 atom stereocenters. The third kappa shape index (κ3) is 4.71. The lowest BCUT2D eigenvalue weighted by atomic mass is 9.92. The lowest BCUT2D eigenvalue weighted by Crippen LogP contribution is -2.21. The molecule has 0 bridgehead atoms. The van der Waals surface area contributed by atoms with Gasteiger partial charge in [0.25, 0.3) is 0 Å². The molecule has 2 amide bonds. The molecule has 3 rings (SSSR count). The number of hydrogen-bond acceptors (Lipinski definition) is 3. The number of urea groups is 1. The number of rotatable bonds is 4. The van der Waals surface area contributed by atoms with Gasteiger partial charge in [-0.2, -0.15) is 5.10 Å². The van der Waals surface area contributed by atoms with E-state index in [1.165, 1.54) is 0 Å². The molecule has 0 radical (unpaired) electrons. The van der Waals surface area contributed by atoms with Gasteiger partial charge < -0.3 is 10.4 Å². The summed E-state index contributed by atoms with van der Waals surface area (Å²) in [7, 11) is 0. The molecule has 2 aromatic carbocycles. The van der Waals surface area contributed by atoms with Gasteiger partial charge in [-0.05, 0) is 42.0 Å². The number of aliphatic hydroxyl groups excluding tert-OH is 1. The van der Waals surface area contributed by atoms with Crippen LogP contribution in [0.4, 0.5) is 16.3 Å². The van der Waals surface area contributed by atoms with Gasteiger partial charge in [0, 0.05) is 22.2 Å². The predicted molar refractivity (Wildman–Crippen MR) is 112 cm³/mol. The van der Waals surface area contributed by atoms with Crippen molar-refractivity contribution in [2.45, 2.75) is 32.8 Å². The fourth-order valence-corrected chi connectivity index (χ4v) is 2.71. The van der Waals surface area contributed by atoms with Gasteiger partial charge in [0.2, 0.25) is 0 Å². The van der Waals surface area contributed by atoms with Crippen molar-refractivity contribution < 1.29 is 9.90 Å². The summed E-state index contributed by atoms with van der Waals surface area (Å²) in [6.45, 7) is 6.16. The quantitative estimate of drug-likeness (QED) is 0.581. The molecule has 0 aliphatic heterocycles. The molecule has 0 saturated carbocycles. The van der Waals surface area contributed by atoms with Crippen LogP contribution in [0.5, 0.6) is 0 Å². The number of anilines is 2. The summed E-state index contributed by atoms with van der Waals surface area (Å²) < 4.78 is 1.68. The van der Waals surface area contributed by atoms with E-state index in [4.69, 9.17) is 11.6 Å². The third-order valence-electron chi connectivity index (χ3n) is 4.18. The zero-order valence-corrected chi connectivity index (χ0v) is 16.8. The summed E-state index contributed by atoms with van der Waals surface area (Å²) in [5, 5.41) is 20.2. The zero-order chi connectivity index (χ0) is 20.3.